The summed E-state index contributed by atoms with van der Waals surface area (Å²) >= 11 is 0. The Hall–Kier alpha value is -0.200. The molecular weight excluding hydrogens is 314 g/mol. The first-order valence-corrected chi connectivity index (χ1v) is 10.4. The van der Waals surface area contributed by atoms with Crippen molar-refractivity contribution in [2.24, 2.45) is 5.92 Å². The lowest BCUT2D eigenvalue weighted by Crippen LogP contribution is -2.56. The van der Waals surface area contributed by atoms with Crippen LogP contribution >= 0.6 is 0 Å². The number of nitrogens with zero attached hydrogens (tertiary/aromatic N) is 3. The Morgan fingerprint density at radius 3 is 2.24 bits per heavy atom. The van der Waals surface area contributed by atoms with Gasteiger partial charge in [0.2, 0.25) is 0 Å². The Morgan fingerprint density at radius 1 is 0.880 bits per heavy atom. The van der Waals surface area contributed by atoms with Crippen molar-refractivity contribution < 1.29 is 9.84 Å². The summed E-state index contributed by atoms with van der Waals surface area (Å²) in [6.45, 7) is 16.6. The molecule has 0 amide bonds. The SMILES string of the molecule is CC(C)N1CCC(CC(C)N2CCOC(CC(C)N3CC(O)C3)C2)C1. The molecule has 3 heterocycles. The Balaban J connectivity index is 1.41. The van der Waals surface area contributed by atoms with Crippen LogP contribution in [-0.4, -0.2) is 96.0 Å². The Kier molecular flexibility index (Phi) is 6.77. The van der Waals surface area contributed by atoms with Gasteiger partial charge >= 0.3 is 0 Å². The first-order chi connectivity index (χ1) is 11.9. The van der Waals surface area contributed by atoms with E-state index in [0.717, 1.165) is 45.1 Å². The van der Waals surface area contributed by atoms with Crippen molar-refractivity contribution in [2.45, 2.75) is 77.3 Å². The maximum absolute atomic E-state index is 9.49. The zero-order valence-electron chi connectivity index (χ0n) is 16.7. The fraction of sp³-hybridized carbons (Fsp3) is 1.00. The van der Waals surface area contributed by atoms with Gasteiger partial charge in [-0.25, -0.2) is 0 Å². The van der Waals surface area contributed by atoms with Gasteiger partial charge in [0, 0.05) is 50.8 Å². The minimum Gasteiger partial charge on any atom is -0.390 e. The number of morpholine rings is 1. The van der Waals surface area contributed by atoms with Gasteiger partial charge in [-0.15, -0.1) is 0 Å². The number of aliphatic hydroxyl groups excluding tert-OH is 1. The molecule has 0 spiro atoms. The monoisotopic (exact) mass is 353 g/mol. The highest BCUT2D eigenvalue weighted by molar-refractivity contribution is 4.87. The normalized spacial score (nSPS) is 32.9. The van der Waals surface area contributed by atoms with E-state index in [1.54, 1.807) is 0 Å². The molecule has 0 bridgehead atoms. The second kappa shape index (κ2) is 8.66. The fourth-order valence-corrected chi connectivity index (χ4v) is 4.82. The maximum Gasteiger partial charge on any atom is 0.0794 e. The van der Waals surface area contributed by atoms with Crippen molar-refractivity contribution in [3.63, 3.8) is 0 Å². The zero-order valence-corrected chi connectivity index (χ0v) is 16.7. The number of rotatable bonds is 7. The van der Waals surface area contributed by atoms with Crippen molar-refractivity contribution >= 4 is 0 Å². The van der Waals surface area contributed by atoms with Gasteiger partial charge in [0.1, 0.15) is 0 Å². The summed E-state index contributed by atoms with van der Waals surface area (Å²) in [6, 6.07) is 1.86. The van der Waals surface area contributed by atoms with Gasteiger partial charge < -0.3 is 14.7 Å². The summed E-state index contributed by atoms with van der Waals surface area (Å²) < 4.78 is 6.05. The molecule has 3 fully saturated rings. The quantitative estimate of drug-likeness (QED) is 0.754. The highest BCUT2D eigenvalue weighted by atomic mass is 16.5. The molecule has 0 saturated carbocycles. The second-order valence-corrected chi connectivity index (χ2v) is 9.01. The molecule has 5 heteroatoms. The van der Waals surface area contributed by atoms with Crippen LogP contribution in [0.1, 0.15) is 47.0 Å². The molecule has 3 aliphatic rings. The van der Waals surface area contributed by atoms with Crippen LogP contribution in [-0.2, 0) is 4.74 Å². The highest BCUT2D eigenvalue weighted by Gasteiger charge is 2.33. The number of hydrogen-bond acceptors (Lipinski definition) is 5. The topological polar surface area (TPSA) is 39.2 Å². The summed E-state index contributed by atoms with van der Waals surface area (Å²) in [5, 5.41) is 9.49. The first kappa shape index (κ1) is 19.6. The van der Waals surface area contributed by atoms with Gasteiger partial charge in [-0.1, -0.05) is 0 Å². The molecule has 0 aromatic rings. The van der Waals surface area contributed by atoms with E-state index in [1.165, 1.54) is 25.9 Å². The molecule has 0 aliphatic carbocycles. The van der Waals surface area contributed by atoms with Gasteiger partial charge in [0.15, 0.2) is 0 Å². The van der Waals surface area contributed by atoms with Crippen LogP contribution in [0.25, 0.3) is 0 Å². The third-order valence-corrected chi connectivity index (χ3v) is 6.63. The second-order valence-electron chi connectivity index (χ2n) is 9.01. The fourth-order valence-electron chi connectivity index (χ4n) is 4.82. The Morgan fingerprint density at radius 2 is 1.60 bits per heavy atom. The van der Waals surface area contributed by atoms with E-state index in [1.807, 2.05) is 0 Å². The molecule has 4 unspecified atom stereocenters. The van der Waals surface area contributed by atoms with Crippen molar-refractivity contribution in [1.82, 2.24) is 14.7 Å². The van der Waals surface area contributed by atoms with Gasteiger partial charge in [-0.3, -0.25) is 9.80 Å². The number of β-amino-alcohol motifs (C(OH)–C–C–N with tert-alkyl or cyclic N) is 1. The zero-order chi connectivity index (χ0) is 18.0. The lowest BCUT2D eigenvalue weighted by atomic mass is 9.97. The van der Waals surface area contributed by atoms with E-state index >= 15 is 0 Å². The molecule has 25 heavy (non-hydrogen) atoms. The van der Waals surface area contributed by atoms with Crippen molar-refractivity contribution in [1.29, 1.82) is 0 Å². The lowest BCUT2D eigenvalue weighted by molar-refractivity contribution is -0.0733. The summed E-state index contributed by atoms with van der Waals surface area (Å²) in [4.78, 5) is 7.65. The van der Waals surface area contributed by atoms with Gasteiger partial charge in [-0.2, -0.15) is 0 Å². The summed E-state index contributed by atoms with van der Waals surface area (Å²) in [7, 11) is 0. The molecule has 4 atom stereocenters. The van der Waals surface area contributed by atoms with Crippen molar-refractivity contribution in [3.05, 3.63) is 0 Å². The summed E-state index contributed by atoms with van der Waals surface area (Å²) in [5.41, 5.74) is 0. The molecule has 5 nitrogen and oxygen atoms in total. The average Bonchev–Trinajstić information content (AvgIpc) is 3.01. The molecule has 3 rings (SSSR count). The van der Waals surface area contributed by atoms with Crippen LogP contribution in [0.5, 0.6) is 0 Å². The Labute approximate surface area is 154 Å². The van der Waals surface area contributed by atoms with Gasteiger partial charge in [-0.05, 0) is 59.4 Å². The smallest absolute Gasteiger partial charge is 0.0794 e. The minimum absolute atomic E-state index is 0.108. The largest absolute Gasteiger partial charge is 0.390 e. The van der Waals surface area contributed by atoms with Crippen LogP contribution in [0.3, 0.4) is 0 Å². The van der Waals surface area contributed by atoms with Gasteiger partial charge in [0.25, 0.3) is 0 Å². The van der Waals surface area contributed by atoms with Crippen molar-refractivity contribution in [2.75, 3.05) is 45.9 Å². The predicted molar refractivity (Wildman–Crippen MR) is 102 cm³/mol. The maximum atomic E-state index is 9.49. The van der Waals surface area contributed by atoms with E-state index in [2.05, 4.69) is 42.4 Å². The van der Waals surface area contributed by atoms with Crippen LogP contribution < -0.4 is 0 Å². The summed E-state index contributed by atoms with van der Waals surface area (Å²) in [5.74, 6) is 0.861. The van der Waals surface area contributed by atoms with E-state index < -0.39 is 0 Å². The molecule has 1 N–H and O–H groups in total. The standard InChI is InChI=1S/C20H39N3O2/c1-15(2)21-6-5-18(11-21)9-16(3)22-7-8-25-20(14-22)10-17(4)23-12-19(24)13-23/h15-20,24H,5-14H2,1-4H3. The van der Waals surface area contributed by atoms with E-state index in [4.69, 9.17) is 4.74 Å². The minimum atomic E-state index is -0.108. The van der Waals surface area contributed by atoms with Gasteiger partial charge in [0.05, 0.1) is 18.8 Å². The van der Waals surface area contributed by atoms with Crippen LogP contribution in [0, 0.1) is 5.92 Å². The van der Waals surface area contributed by atoms with Crippen molar-refractivity contribution in [3.8, 4) is 0 Å². The van der Waals surface area contributed by atoms with Crippen LogP contribution in [0.2, 0.25) is 0 Å². The summed E-state index contributed by atoms with van der Waals surface area (Å²) in [6.07, 6.45) is 4.01. The molecule has 0 aromatic carbocycles. The highest BCUT2D eigenvalue weighted by Crippen LogP contribution is 2.26. The number of hydrogen-bond donors (Lipinski definition) is 1. The van der Waals surface area contributed by atoms with E-state index in [9.17, 15) is 5.11 Å². The third kappa shape index (κ3) is 5.16. The molecule has 146 valence electrons. The predicted octanol–water partition coefficient (Wildman–Crippen LogP) is 1.65. The molecular formula is C20H39N3O2. The lowest BCUT2D eigenvalue weighted by Gasteiger charge is -2.43. The van der Waals surface area contributed by atoms with Crippen LogP contribution in [0.4, 0.5) is 0 Å². The molecule has 3 aliphatic heterocycles. The number of likely N-dealkylation sites (tertiary alicyclic amines) is 2. The Bertz CT molecular complexity index is 414. The number of aliphatic hydroxyl groups is 1. The third-order valence-electron chi connectivity index (χ3n) is 6.63. The van der Waals surface area contributed by atoms with E-state index in [0.29, 0.717) is 24.2 Å². The first-order valence-electron chi connectivity index (χ1n) is 10.4. The van der Waals surface area contributed by atoms with E-state index in [-0.39, 0.29) is 6.10 Å². The van der Waals surface area contributed by atoms with Crippen LogP contribution in [0.15, 0.2) is 0 Å². The molecule has 3 saturated heterocycles. The molecule has 0 aromatic heterocycles. The molecule has 0 radical (unpaired) electrons. The number of ether oxygens (including phenoxy) is 1. The average molecular weight is 354 g/mol.